The predicted octanol–water partition coefficient (Wildman–Crippen LogP) is 0.613. The largest absolute Gasteiger partial charge is 0.543 e. The van der Waals surface area contributed by atoms with Crippen molar-refractivity contribution in [1.82, 2.24) is 5.16 Å². The lowest BCUT2D eigenvalue weighted by Gasteiger charge is -1.94. The summed E-state index contributed by atoms with van der Waals surface area (Å²) in [4.78, 5) is 20.4. The molecule has 2 aromatic rings. The third kappa shape index (κ3) is 2.12. The first-order valence-corrected chi connectivity index (χ1v) is 4.51. The molecule has 1 aromatic carbocycles. The van der Waals surface area contributed by atoms with E-state index in [9.17, 15) is 20.0 Å². The lowest BCUT2D eigenvalue weighted by atomic mass is 10.1. The highest BCUT2D eigenvalue weighted by atomic mass is 16.6. The quantitative estimate of drug-likeness (QED) is 0.567. The van der Waals surface area contributed by atoms with Gasteiger partial charge in [0.05, 0.1) is 10.9 Å². The Kier molecular flexibility index (Phi) is 2.57. The van der Waals surface area contributed by atoms with Gasteiger partial charge in [0.15, 0.2) is 5.76 Å². The van der Waals surface area contributed by atoms with Crippen LogP contribution in [0.15, 0.2) is 34.9 Å². The van der Waals surface area contributed by atoms with Crippen LogP contribution in [0.2, 0.25) is 0 Å². The second kappa shape index (κ2) is 4.05. The number of aromatic nitrogens is 1. The number of nitrogens with zero attached hydrogens (tertiary/aromatic N) is 2. The Morgan fingerprint density at radius 3 is 2.41 bits per heavy atom. The zero-order valence-corrected chi connectivity index (χ0v) is 8.32. The molecule has 0 atom stereocenters. The SMILES string of the molecule is O=C([O-])c1cc(-c2ccc([N+](=O)[O-])cc2)on1. The Hall–Kier alpha value is -2.70. The number of carbonyl (C=O) groups is 1. The average molecular weight is 233 g/mol. The third-order valence-corrected chi connectivity index (χ3v) is 2.08. The molecule has 0 saturated heterocycles. The first-order chi connectivity index (χ1) is 8.08. The van der Waals surface area contributed by atoms with Crippen molar-refractivity contribution < 1.29 is 19.3 Å². The zero-order chi connectivity index (χ0) is 12.4. The number of hydrogen-bond donors (Lipinski definition) is 0. The van der Waals surface area contributed by atoms with Crippen LogP contribution in [0.1, 0.15) is 10.5 Å². The van der Waals surface area contributed by atoms with E-state index in [2.05, 4.69) is 5.16 Å². The van der Waals surface area contributed by atoms with Crippen LogP contribution in [-0.4, -0.2) is 16.0 Å². The number of carboxylic acids is 1. The standard InChI is InChI=1S/C10H6N2O5/c13-10(14)8-5-9(17-11-8)6-1-3-7(4-2-6)12(15)16/h1-5H,(H,13,14)/p-1. The van der Waals surface area contributed by atoms with E-state index in [0.29, 0.717) is 5.56 Å². The smallest absolute Gasteiger partial charge is 0.269 e. The van der Waals surface area contributed by atoms with E-state index in [1.807, 2.05) is 0 Å². The van der Waals surface area contributed by atoms with Crippen molar-refractivity contribution in [2.75, 3.05) is 0 Å². The van der Waals surface area contributed by atoms with Gasteiger partial charge in [0, 0.05) is 23.8 Å². The number of aromatic carboxylic acids is 1. The van der Waals surface area contributed by atoms with Gasteiger partial charge in [0.2, 0.25) is 0 Å². The summed E-state index contributed by atoms with van der Waals surface area (Å²) >= 11 is 0. The molecule has 2 rings (SSSR count). The molecule has 0 unspecified atom stereocenters. The van der Waals surface area contributed by atoms with Crippen LogP contribution in [0.4, 0.5) is 5.69 Å². The van der Waals surface area contributed by atoms with E-state index in [1.54, 1.807) is 0 Å². The summed E-state index contributed by atoms with van der Waals surface area (Å²) in [6, 6.07) is 6.65. The van der Waals surface area contributed by atoms with Gasteiger partial charge in [-0.3, -0.25) is 10.1 Å². The Morgan fingerprint density at radius 1 is 1.29 bits per heavy atom. The van der Waals surface area contributed by atoms with Gasteiger partial charge in [-0.1, -0.05) is 5.16 Å². The third-order valence-electron chi connectivity index (χ3n) is 2.08. The highest BCUT2D eigenvalue weighted by Crippen LogP contribution is 2.22. The Bertz CT molecular complexity index is 573. The van der Waals surface area contributed by atoms with Gasteiger partial charge in [0.25, 0.3) is 5.69 Å². The van der Waals surface area contributed by atoms with Crippen molar-refractivity contribution in [1.29, 1.82) is 0 Å². The fraction of sp³-hybridized carbons (Fsp3) is 0. The Morgan fingerprint density at radius 2 is 1.94 bits per heavy atom. The minimum Gasteiger partial charge on any atom is -0.543 e. The van der Waals surface area contributed by atoms with Gasteiger partial charge in [-0.05, 0) is 12.1 Å². The number of rotatable bonds is 3. The van der Waals surface area contributed by atoms with E-state index < -0.39 is 10.9 Å². The van der Waals surface area contributed by atoms with E-state index in [-0.39, 0.29) is 17.1 Å². The summed E-state index contributed by atoms with van der Waals surface area (Å²) in [5, 5.41) is 24.2. The fourth-order valence-corrected chi connectivity index (χ4v) is 1.25. The lowest BCUT2D eigenvalue weighted by Crippen LogP contribution is -2.22. The van der Waals surface area contributed by atoms with E-state index in [0.717, 1.165) is 0 Å². The molecule has 0 radical (unpaired) electrons. The minimum atomic E-state index is -1.44. The summed E-state index contributed by atoms with van der Waals surface area (Å²) in [6.45, 7) is 0. The van der Waals surface area contributed by atoms with E-state index >= 15 is 0 Å². The molecule has 1 aromatic heterocycles. The first kappa shape index (κ1) is 10.8. The molecule has 0 amide bonds. The van der Waals surface area contributed by atoms with Crippen LogP contribution in [0, 0.1) is 10.1 Å². The van der Waals surface area contributed by atoms with Crippen LogP contribution in [0.3, 0.4) is 0 Å². The molecule has 17 heavy (non-hydrogen) atoms. The number of nitro groups is 1. The monoisotopic (exact) mass is 233 g/mol. The summed E-state index contributed by atoms with van der Waals surface area (Å²) in [5.74, 6) is -1.24. The molecule has 0 aliphatic heterocycles. The Balaban J connectivity index is 2.33. The number of nitro benzene ring substituents is 1. The second-order valence-corrected chi connectivity index (χ2v) is 3.17. The van der Waals surface area contributed by atoms with Gasteiger partial charge in [-0.25, -0.2) is 0 Å². The maximum atomic E-state index is 10.5. The van der Waals surface area contributed by atoms with Gasteiger partial charge in [-0.15, -0.1) is 0 Å². The van der Waals surface area contributed by atoms with Crippen LogP contribution in [-0.2, 0) is 0 Å². The fourth-order valence-electron chi connectivity index (χ4n) is 1.25. The summed E-state index contributed by atoms with van der Waals surface area (Å²) in [5.41, 5.74) is 0.113. The van der Waals surface area contributed by atoms with Crippen molar-refractivity contribution in [2.45, 2.75) is 0 Å². The second-order valence-electron chi connectivity index (χ2n) is 3.17. The lowest BCUT2D eigenvalue weighted by molar-refractivity contribution is -0.384. The molecule has 0 aliphatic rings. The van der Waals surface area contributed by atoms with Gasteiger partial charge in [-0.2, -0.15) is 0 Å². The van der Waals surface area contributed by atoms with Crippen LogP contribution in [0.5, 0.6) is 0 Å². The summed E-state index contributed by atoms with van der Waals surface area (Å²) in [6.07, 6.45) is 0. The van der Waals surface area contributed by atoms with Crippen LogP contribution in [0.25, 0.3) is 11.3 Å². The molecule has 7 nitrogen and oxygen atoms in total. The average Bonchev–Trinajstić information content (AvgIpc) is 2.78. The maximum Gasteiger partial charge on any atom is 0.269 e. The first-order valence-electron chi connectivity index (χ1n) is 4.51. The summed E-state index contributed by atoms with van der Waals surface area (Å²) in [7, 11) is 0. The normalized spacial score (nSPS) is 10.1. The molecule has 86 valence electrons. The molecule has 7 heteroatoms. The molecule has 1 heterocycles. The van der Waals surface area contributed by atoms with Crippen molar-refractivity contribution in [3.8, 4) is 11.3 Å². The molecular formula is C10H5N2O5-. The number of carboxylic acid groups (broad SMARTS) is 1. The van der Waals surface area contributed by atoms with Crippen LogP contribution < -0.4 is 5.11 Å². The van der Waals surface area contributed by atoms with E-state index in [4.69, 9.17) is 4.52 Å². The van der Waals surface area contributed by atoms with Gasteiger partial charge in [0.1, 0.15) is 5.69 Å². The zero-order valence-electron chi connectivity index (χ0n) is 8.32. The van der Waals surface area contributed by atoms with Crippen molar-refractivity contribution in [3.63, 3.8) is 0 Å². The molecule has 0 spiro atoms. The number of hydrogen-bond acceptors (Lipinski definition) is 6. The summed E-state index contributed by atoms with van der Waals surface area (Å²) < 4.78 is 4.77. The molecule has 0 saturated carbocycles. The highest BCUT2D eigenvalue weighted by molar-refractivity contribution is 5.84. The molecular weight excluding hydrogens is 228 g/mol. The van der Waals surface area contributed by atoms with Crippen LogP contribution >= 0.6 is 0 Å². The molecule has 0 fully saturated rings. The Labute approximate surface area is 94.4 Å². The van der Waals surface area contributed by atoms with Crippen molar-refractivity contribution in [3.05, 3.63) is 46.1 Å². The maximum absolute atomic E-state index is 10.5. The highest BCUT2D eigenvalue weighted by Gasteiger charge is 2.09. The topological polar surface area (TPSA) is 109 Å². The minimum absolute atomic E-state index is 0.0617. The molecule has 0 aliphatic carbocycles. The van der Waals surface area contributed by atoms with E-state index in [1.165, 1.54) is 30.3 Å². The number of non-ortho nitro benzene ring substituents is 1. The van der Waals surface area contributed by atoms with Crippen molar-refractivity contribution in [2.24, 2.45) is 0 Å². The molecule has 0 bridgehead atoms. The van der Waals surface area contributed by atoms with Gasteiger partial charge < -0.3 is 14.4 Å². The number of carbonyl (C=O) groups excluding carboxylic acids is 1. The molecule has 0 N–H and O–H groups in total. The van der Waals surface area contributed by atoms with Gasteiger partial charge >= 0.3 is 0 Å². The predicted molar refractivity (Wildman–Crippen MR) is 52.9 cm³/mol. The van der Waals surface area contributed by atoms with Crippen molar-refractivity contribution >= 4 is 11.7 Å². The number of benzene rings is 1.